The van der Waals surface area contributed by atoms with Crippen LogP contribution in [0, 0.1) is 24.7 Å². The number of anilines is 1. The topological polar surface area (TPSA) is 93.9 Å². The number of nitrogens with one attached hydrogen (secondary N) is 2. The molecule has 0 atom stereocenters. The molecule has 2 aromatic carbocycles. The van der Waals surface area contributed by atoms with Crippen LogP contribution in [0.3, 0.4) is 0 Å². The Labute approximate surface area is 177 Å². The van der Waals surface area contributed by atoms with Gasteiger partial charge in [0.1, 0.15) is 5.75 Å². The van der Waals surface area contributed by atoms with Gasteiger partial charge < -0.3 is 10.8 Å². The van der Waals surface area contributed by atoms with Crippen molar-refractivity contribution in [2.45, 2.75) is 44.9 Å². The van der Waals surface area contributed by atoms with E-state index in [0.717, 1.165) is 40.2 Å². The number of unbranched alkanes of at least 4 members (excludes halogenated alkanes) is 1. The second-order valence-corrected chi connectivity index (χ2v) is 8.23. The third-order valence-electron chi connectivity index (χ3n) is 4.41. The van der Waals surface area contributed by atoms with E-state index in [9.17, 15) is 5.11 Å². The van der Waals surface area contributed by atoms with Gasteiger partial charge in [-0.3, -0.25) is 10.8 Å². The first-order valence-corrected chi connectivity index (χ1v) is 10.5. The fourth-order valence-corrected chi connectivity index (χ4v) is 3.63. The minimum atomic E-state index is 0.263. The summed E-state index contributed by atoms with van der Waals surface area (Å²) >= 11 is 1.62. The predicted octanol–water partition coefficient (Wildman–Crippen LogP) is 6.21. The zero-order valence-corrected chi connectivity index (χ0v) is 18.1. The first-order valence-electron chi connectivity index (χ1n) is 9.70. The number of benzene rings is 2. The van der Waals surface area contributed by atoms with E-state index >= 15 is 0 Å². The summed E-state index contributed by atoms with van der Waals surface area (Å²) in [5.41, 5.74) is 10.0. The summed E-state index contributed by atoms with van der Waals surface area (Å²) in [5.74, 6) is 0.263. The summed E-state index contributed by atoms with van der Waals surface area (Å²) in [6.45, 7) is 6.19. The van der Waals surface area contributed by atoms with Crippen LogP contribution < -0.4 is 5.73 Å². The molecule has 1 aliphatic carbocycles. The highest BCUT2D eigenvalue weighted by molar-refractivity contribution is 8.03. The van der Waals surface area contributed by atoms with Gasteiger partial charge in [0, 0.05) is 9.80 Å². The van der Waals surface area contributed by atoms with Crippen LogP contribution >= 0.6 is 11.8 Å². The molecule has 5 N–H and O–H groups in total. The Balaban J connectivity index is 0.000000212. The number of hydrogen-bond donors (Lipinski definition) is 4. The summed E-state index contributed by atoms with van der Waals surface area (Å²) in [5, 5.41) is 24.6. The second-order valence-electron chi connectivity index (χ2n) is 7.09. The molecule has 0 saturated carbocycles. The van der Waals surface area contributed by atoms with Gasteiger partial charge in [0.2, 0.25) is 0 Å². The summed E-state index contributed by atoms with van der Waals surface area (Å²) in [7, 11) is 0. The van der Waals surface area contributed by atoms with Gasteiger partial charge in [-0.15, -0.1) is 0 Å². The maximum Gasteiger partial charge on any atom is 0.141 e. The van der Waals surface area contributed by atoms with E-state index in [-0.39, 0.29) is 17.2 Å². The predicted molar refractivity (Wildman–Crippen MR) is 126 cm³/mol. The molecule has 0 amide bonds. The second kappa shape index (κ2) is 10.7. The number of rotatable bonds is 5. The molecule has 0 unspecified atom stereocenters. The summed E-state index contributed by atoms with van der Waals surface area (Å²) in [6, 6.07) is 12.1. The smallest absolute Gasteiger partial charge is 0.141 e. The van der Waals surface area contributed by atoms with E-state index in [1.807, 2.05) is 19.1 Å². The van der Waals surface area contributed by atoms with Crippen molar-refractivity contribution in [3.8, 4) is 5.75 Å². The molecule has 0 heterocycles. The molecular weight excluding hydrogens is 378 g/mol. The van der Waals surface area contributed by atoms with Crippen molar-refractivity contribution in [1.82, 2.24) is 0 Å². The first kappa shape index (κ1) is 22.5. The monoisotopic (exact) mass is 407 g/mol. The quantitative estimate of drug-likeness (QED) is 0.270. The van der Waals surface area contributed by atoms with E-state index in [4.69, 9.17) is 16.6 Å². The largest absolute Gasteiger partial charge is 0.506 e. The fourth-order valence-electron chi connectivity index (χ4n) is 2.77. The Morgan fingerprint density at radius 3 is 2.28 bits per heavy atom. The molecule has 0 bridgehead atoms. The highest BCUT2D eigenvalue weighted by Crippen LogP contribution is 2.29. The molecule has 3 rings (SSSR count). The molecule has 0 aromatic heterocycles. The molecule has 0 radical (unpaired) electrons. The Bertz CT molecular complexity index is 943. The standard InChI is InChI=1S/C13H12N2S.C11H17NO/c1-9-2-4-10(5-3-9)16-11-6-7-12(14)13(15)8-11;1-3-4-5-9-6-8(2)7-10(12)11(9)13/h2-8,14-15H,1H3;6-7,13H,3-5,12H2,1-2H3. The summed E-state index contributed by atoms with van der Waals surface area (Å²) in [4.78, 5) is 2.16. The van der Waals surface area contributed by atoms with E-state index in [1.54, 1.807) is 30.0 Å². The van der Waals surface area contributed by atoms with Crippen LogP contribution in [-0.2, 0) is 6.42 Å². The maximum atomic E-state index is 9.62. The number of nitrogen functional groups attached to an aromatic ring is 1. The number of hydrogen-bond acceptors (Lipinski definition) is 5. The molecule has 4 nitrogen and oxygen atoms in total. The van der Waals surface area contributed by atoms with Gasteiger partial charge in [0.25, 0.3) is 0 Å². The van der Waals surface area contributed by atoms with Gasteiger partial charge in [-0.25, -0.2) is 0 Å². The van der Waals surface area contributed by atoms with E-state index in [2.05, 4.69) is 38.1 Å². The van der Waals surface area contributed by atoms with E-state index < -0.39 is 0 Å². The van der Waals surface area contributed by atoms with Gasteiger partial charge in [-0.1, -0.05) is 48.9 Å². The third-order valence-corrected chi connectivity index (χ3v) is 5.41. The Kier molecular flexibility index (Phi) is 8.28. The van der Waals surface area contributed by atoms with Gasteiger partial charge in [0.15, 0.2) is 0 Å². The normalized spacial score (nSPS) is 13.0. The van der Waals surface area contributed by atoms with Crippen LogP contribution in [0.25, 0.3) is 0 Å². The molecule has 0 spiro atoms. The molecular formula is C24H29N3OS. The summed E-state index contributed by atoms with van der Waals surface area (Å²) < 4.78 is 0. The number of allylic oxidation sites excluding steroid dienone is 3. The highest BCUT2D eigenvalue weighted by Gasteiger charge is 2.07. The lowest BCUT2D eigenvalue weighted by atomic mass is 10.0. The van der Waals surface area contributed by atoms with E-state index in [0.29, 0.717) is 5.69 Å². The van der Waals surface area contributed by atoms with Crippen molar-refractivity contribution < 1.29 is 5.11 Å². The van der Waals surface area contributed by atoms with Crippen molar-refractivity contribution in [3.63, 3.8) is 0 Å². The minimum absolute atomic E-state index is 0.263. The zero-order valence-electron chi connectivity index (χ0n) is 17.3. The fraction of sp³-hybridized carbons (Fsp3) is 0.250. The lowest BCUT2D eigenvalue weighted by Crippen LogP contribution is -2.09. The number of phenolic OH excluding ortho intramolecular Hbond substituents is 1. The lowest BCUT2D eigenvalue weighted by Gasteiger charge is -2.08. The molecule has 1 aliphatic rings. The van der Waals surface area contributed by atoms with Crippen molar-refractivity contribution in [1.29, 1.82) is 10.8 Å². The molecule has 2 aromatic rings. The van der Waals surface area contributed by atoms with Gasteiger partial charge in [-0.05, 0) is 74.2 Å². The summed E-state index contributed by atoms with van der Waals surface area (Å²) in [6.07, 6.45) is 8.41. The number of aryl methyl sites for hydroxylation is 3. The van der Waals surface area contributed by atoms with Gasteiger partial charge in [0.05, 0.1) is 17.1 Å². The molecule has 0 fully saturated rings. The van der Waals surface area contributed by atoms with Crippen LogP contribution in [0.2, 0.25) is 0 Å². The van der Waals surface area contributed by atoms with Crippen molar-refractivity contribution in [3.05, 3.63) is 76.2 Å². The number of aromatic hydroxyl groups is 1. The zero-order chi connectivity index (χ0) is 21.4. The molecule has 0 saturated heterocycles. The van der Waals surface area contributed by atoms with E-state index in [1.165, 1.54) is 5.56 Å². The van der Waals surface area contributed by atoms with Crippen LogP contribution in [0.15, 0.2) is 64.4 Å². The molecule has 5 heteroatoms. The first-order chi connectivity index (χ1) is 13.8. The van der Waals surface area contributed by atoms with Crippen molar-refractivity contribution in [2.75, 3.05) is 5.73 Å². The average molecular weight is 408 g/mol. The average Bonchev–Trinajstić information content (AvgIpc) is 2.69. The number of phenols is 1. The van der Waals surface area contributed by atoms with Crippen molar-refractivity contribution >= 4 is 28.9 Å². The molecule has 29 heavy (non-hydrogen) atoms. The van der Waals surface area contributed by atoms with Crippen LogP contribution in [-0.4, -0.2) is 16.5 Å². The van der Waals surface area contributed by atoms with Crippen LogP contribution in [0.5, 0.6) is 5.75 Å². The lowest BCUT2D eigenvalue weighted by molar-refractivity contribution is 0.469. The number of thioether (sulfide) groups is 1. The highest BCUT2D eigenvalue weighted by atomic mass is 32.2. The van der Waals surface area contributed by atoms with Crippen LogP contribution in [0.4, 0.5) is 5.69 Å². The van der Waals surface area contributed by atoms with Gasteiger partial charge >= 0.3 is 0 Å². The maximum absolute atomic E-state index is 9.62. The number of nitrogens with two attached hydrogens (primary N) is 1. The van der Waals surface area contributed by atoms with Crippen molar-refractivity contribution in [2.24, 2.45) is 0 Å². The Hall–Kier alpha value is -2.79. The molecule has 0 aliphatic heterocycles. The SMILES string of the molecule is CCCCc1cc(C)cc(N)c1O.Cc1ccc(SC2=CC(=N)C(=N)C=C2)cc1. The minimum Gasteiger partial charge on any atom is -0.506 e. The third kappa shape index (κ3) is 6.95. The van der Waals surface area contributed by atoms with Crippen LogP contribution in [0.1, 0.15) is 36.5 Å². The Morgan fingerprint density at radius 1 is 0.966 bits per heavy atom. The Morgan fingerprint density at radius 2 is 1.66 bits per heavy atom. The molecule has 152 valence electrons. The van der Waals surface area contributed by atoms with Gasteiger partial charge in [-0.2, -0.15) is 0 Å².